The maximum atomic E-state index is 11.3. The summed E-state index contributed by atoms with van der Waals surface area (Å²) < 4.78 is 0. The summed E-state index contributed by atoms with van der Waals surface area (Å²) in [6.45, 7) is 4.90. The number of likely N-dealkylation sites (N-methyl/N-ethyl adjacent to an activating group) is 1. The fourth-order valence-electron chi connectivity index (χ4n) is 2.31. The molecule has 0 aliphatic rings. The lowest BCUT2D eigenvalue weighted by molar-refractivity contribution is -0.383. The average molecular weight is 259 g/mol. The van der Waals surface area contributed by atoms with Gasteiger partial charge in [0, 0.05) is 17.8 Å². The molecule has 2 rings (SSSR count). The lowest BCUT2D eigenvalue weighted by Crippen LogP contribution is -2.27. The van der Waals surface area contributed by atoms with Gasteiger partial charge in [-0.1, -0.05) is 6.92 Å². The fraction of sp³-hybridized carbons (Fsp3) is 0.357. The second kappa shape index (κ2) is 5.75. The second-order valence-corrected chi connectivity index (χ2v) is 4.56. The van der Waals surface area contributed by atoms with Gasteiger partial charge in [0.2, 0.25) is 0 Å². The molecule has 0 radical (unpaired) electrons. The maximum Gasteiger partial charge on any atom is 0.281 e. The quantitative estimate of drug-likeness (QED) is 0.662. The SMILES string of the molecule is CCNC(C)Cc1ccc2ncccc2c1[N+](=O)[O-]. The second-order valence-electron chi connectivity index (χ2n) is 4.56. The van der Waals surface area contributed by atoms with Crippen LogP contribution in [0.2, 0.25) is 0 Å². The summed E-state index contributed by atoms with van der Waals surface area (Å²) in [7, 11) is 0. The van der Waals surface area contributed by atoms with Crippen molar-refractivity contribution in [1.29, 1.82) is 0 Å². The number of benzene rings is 1. The van der Waals surface area contributed by atoms with Crippen LogP contribution < -0.4 is 5.32 Å². The van der Waals surface area contributed by atoms with E-state index < -0.39 is 0 Å². The van der Waals surface area contributed by atoms with Crippen LogP contribution in [0.25, 0.3) is 10.9 Å². The minimum atomic E-state index is -0.308. The molecule has 0 bridgehead atoms. The molecule has 2 aromatic rings. The van der Waals surface area contributed by atoms with Crippen LogP contribution in [0.5, 0.6) is 0 Å². The minimum Gasteiger partial charge on any atom is -0.314 e. The highest BCUT2D eigenvalue weighted by Crippen LogP contribution is 2.29. The summed E-state index contributed by atoms with van der Waals surface area (Å²) in [6.07, 6.45) is 2.28. The largest absolute Gasteiger partial charge is 0.314 e. The number of nitrogens with zero attached hydrogens (tertiary/aromatic N) is 2. The molecule has 5 heteroatoms. The molecule has 1 atom stereocenters. The molecule has 0 spiro atoms. The van der Waals surface area contributed by atoms with E-state index in [-0.39, 0.29) is 16.7 Å². The predicted molar refractivity (Wildman–Crippen MR) is 75.2 cm³/mol. The van der Waals surface area contributed by atoms with Crippen molar-refractivity contribution in [1.82, 2.24) is 10.3 Å². The van der Waals surface area contributed by atoms with Crippen molar-refractivity contribution >= 4 is 16.6 Å². The topological polar surface area (TPSA) is 68.1 Å². The molecule has 0 saturated heterocycles. The molecule has 100 valence electrons. The van der Waals surface area contributed by atoms with E-state index in [1.807, 2.05) is 19.9 Å². The first-order valence-electron chi connectivity index (χ1n) is 6.38. The molecule has 0 saturated carbocycles. The Morgan fingerprint density at radius 3 is 2.89 bits per heavy atom. The monoisotopic (exact) mass is 259 g/mol. The highest BCUT2D eigenvalue weighted by atomic mass is 16.6. The molecule has 1 heterocycles. The van der Waals surface area contributed by atoms with E-state index in [0.717, 1.165) is 12.1 Å². The van der Waals surface area contributed by atoms with E-state index in [0.29, 0.717) is 17.3 Å². The van der Waals surface area contributed by atoms with Crippen LogP contribution in [0.1, 0.15) is 19.4 Å². The third-order valence-electron chi connectivity index (χ3n) is 3.10. The molecule has 0 amide bonds. The third kappa shape index (κ3) is 2.88. The number of aromatic nitrogens is 1. The molecule has 1 aromatic carbocycles. The van der Waals surface area contributed by atoms with Gasteiger partial charge in [-0.05, 0) is 44.2 Å². The Balaban J connectivity index is 2.49. The van der Waals surface area contributed by atoms with Gasteiger partial charge in [0.05, 0.1) is 15.8 Å². The summed E-state index contributed by atoms with van der Waals surface area (Å²) in [5.41, 5.74) is 1.59. The van der Waals surface area contributed by atoms with Gasteiger partial charge < -0.3 is 5.32 Å². The van der Waals surface area contributed by atoms with Crippen LogP contribution in [0.4, 0.5) is 5.69 Å². The van der Waals surface area contributed by atoms with Crippen LogP contribution >= 0.6 is 0 Å². The lowest BCUT2D eigenvalue weighted by atomic mass is 10.0. The van der Waals surface area contributed by atoms with Gasteiger partial charge in [0.25, 0.3) is 5.69 Å². The van der Waals surface area contributed by atoms with E-state index in [1.165, 1.54) is 0 Å². The van der Waals surface area contributed by atoms with Crippen LogP contribution in [0, 0.1) is 10.1 Å². The van der Waals surface area contributed by atoms with Gasteiger partial charge in [-0.25, -0.2) is 0 Å². The number of nitrogens with one attached hydrogen (secondary N) is 1. The zero-order chi connectivity index (χ0) is 13.8. The summed E-state index contributed by atoms with van der Waals surface area (Å²) >= 11 is 0. The van der Waals surface area contributed by atoms with Crippen molar-refractivity contribution in [3.05, 3.63) is 46.1 Å². The van der Waals surface area contributed by atoms with Crippen LogP contribution in [0.15, 0.2) is 30.5 Å². The van der Waals surface area contributed by atoms with E-state index in [4.69, 9.17) is 0 Å². The Bertz CT molecular complexity index is 598. The van der Waals surface area contributed by atoms with Gasteiger partial charge >= 0.3 is 0 Å². The van der Waals surface area contributed by atoms with Crippen LogP contribution in [-0.2, 0) is 6.42 Å². The number of fused-ring (bicyclic) bond motifs is 1. The lowest BCUT2D eigenvalue weighted by Gasteiger charge is -2.13. The highest BCUT2D eigenvalue weighted by Gasteiger charge is 2.19. The Morgan fingerprint density at radius 2 is 2.21 bits per heavy atom. The van der Waals surface area contributed by atoms with E-state index >= 15 is 0 Å². The summed E-state index contributed by atoms with van der Waals surface area (Å²) in [5, 5.41) is 15.2. The summed E-state index contributed by atoms with van der Waals surface area (Å²) in [6, 6.07) is 7.34. The number of nitro groups is 1. The van der Waals surface area contributed by atoms with E-state index in [9.17, 15) is 10.1 Å². The van der Waals surface area contributed by atoms with Crippen molar-refractivity contribution in [3.8, 4) is 0 Å². The summed E-state index contributed by atoms with van der Waals surface area (Å²) in [5.74, 6) is 0. The Kier molecular flexibility index (Phi) is 4.06. The number of hydrogen-bond donors (Lipinski definition) is 1. The first-order valence-corrected chi connectivity index (χ1v) is 6.38. The fourth-order valence-corrected chi connectivity index (χ4v) is 2.31. The Morgan fingerprint density at radius 1 is 1.42 bits per heavy atom. The van der Waals surface area contributed by atoms with E-state index in [2.05, 4.69) is 10.3 Å². The van der Waals surface area contributed by atoms with Crippen LogP contribution in [0.3, 0.4) is 0 Å². The van der Waals surface area contributed by atoms with Gasteiger partial charge in [-0.2, -0.15) is 0 Å². The number of pyridine rings is 1. The van der Waals surface area contributed by atoms with Crippen molar-refractivity contribution in [2.45, 2.75) is 26.3 Å². The third-order valence-corrected chi connectivity index (χ3v) is 3.10. The minimum absolute atomic E-state index is 0.176. The molecular weight excluding hydrogens is 242 g/mol. The average Bonchev–Trinajstić information content (AvgIpc) is 2.38. The number of rotatable bonds is 5. The standard InChI is InChI=1S/C14H17N3O2/c1-3-15-10(2)9-11-6-7-13-12(5-4-8-16-13)14(11)17(18)19/h4-8,10,15H,3,9H2,1-2H3. The van der Waals surface area contributed by atoms with Gasteiger partial charge in [0.1, 0.15) is 0 Å². The molecule has 0 aliphatic carbocycles. The summed E-state index contributed by atoms with van der Waals surface area (Å²) in [4.78, 5) is 15.2. The highest BCUT2D eigenvalue weighted by molar-refractivity contribution is 5.89. The number of nitro benzene ring substituents is 1. The van der Waals surface area contributed by atoms with Crippen molar-refractivity contribution < 1.29 is 4.92 Å². The maximum absolute atomic E-state index is 11.3. The van der Waals surface area contributed by atoms with Crippen molar-refractivity contribution in [2.24, 2.45) is 0 Å². The normalized spacial score (nSPS) is 12.5. The van der Waals surface area contributed by atoms with Crippen molar-refractivity contribution in [3.63, 3.8) is 0 Å². The van der Waals surface area contributed by atoms with Crippen molar-refractivity contribution in [2.75, 3.05) is 6.54 Å². The molecule has 1 aromatic heterocycles. The van der Waals surface area contributed by atoms with Gasteiger partial charge in [-0.3, -0.25) is 15.1 Å². The Labute approximate surface area is 111 Å². The number of hydrogen-bond acceptors (Lipinski definition) is 4. The molecular formula is C14H17N3O2. The zero-order valence-corrected chi connectivity index (χ0v) is 11.1. The molecule has 5 nitrogen and oxygen atoms in total. The van der Waals surface area contributed by atoms with Gasteiger partial charge in [-0.15, -0.1) is 0 Å². The molecule has 1 unspecified atom stereocenters. The molecule has 19 heavy (non-hydrogen) atoms. The Hall–Kier alpha value is -2.01. The first kappa shape index (κ1) is 13.4. The zero-order valence-electron chi connectivity index (χ0n) is 11.1. The molecule has 0 aliphatic heterocycles. The van der Waals surface area contributed by atoms with Crippen LogP contribution in [-0.4, -0.2) is 22.5 Å². The predicted octanol–water partition coefficient (Wildman–Crippen LogP) is 2.68. The smallest absolute Gasteiger partial charge is 0.281 e. The van der Waals surface area contributed by atoms with E-state index in [1.54, 1.807) is 24.4 Å². The van der Waals surface area contributed by atoms with Gasteiger partial charge in [0.15, 0.2) is 0 Å². The molecule has 1 N–H and O–H groups in total. The molecule has 0 fully saturated rings. The first-order chi connectivity index (χ1) is 9.13.